The Hall–Kier alpha value is -1.70. The van der Waals surface area contributed by atoms with E-state index in [1.807, 2.05) is 0 Å². The minimum atomic E-state index is -0.580. The zero-order valence-electron chi connectivity index (χ0n) is 12.1. The minimum Gasteiger partial charge on any atom is -0.370 e. The van der Waals surface area contributed by atoms with Gasteiger partial charge in [0, 0.05) is 24.1 Å². The second-order valence-electron chi connectivity index (χ2n) is 5.14. The van der Waals surface area contributed by atoms with Crippen LogP contribution >= 0.6 is 11.6 Å². The quantitative estimate of drug-likeness (QED) is 0.446. The van der Waals surface area contributed by atoms with Gasteiger partial charge in [-0.15, -0.1) is 0 Å². The van der Waals surface area contributed by atoms with Crippen molar-refractivity contribution in [1.29, 1.82) is 0 Å². The van der Waals surface area contributed by atoms with Crippen LogP contribution in [0.2, 0.25) is 5.02 Å². The first kappa shape index (κ1) is 16.7. The maximum absolute atomic E-state index is 12.1. The number of benzene rings is 1. The van der Waals surface area contributed by atoms with E-state index in [1.54, 1.807) is 0 Å². The van der Waals surface area contributed by atoms with Gasteiger partial charge in [-0.3, -0.25) is 14.9 Å². The van der Waals surface area contributed by atoms with Gasteiger partial charge in [-0.25, -0.2) is 0 Å². The second kappa shape index (κ2) is 8.07. The lowest BCUT2D eigenvalue weighted by Gasteiger charge is -2.23. The Labute approximate surface area is 133 Å². The van der Waals surface area contributed by atoms with Gasteiger partial charge in [-0.05, 0) is 12.1 Å². The molecular formula is C14H19ClN3O4+. The summed E-state index contributed by atoms with van der Waals surface area (Å²) in [7, 11) is 0. The van der Waals surface area contributed by atoms with Crippen molar-refractivity contribution in [3.05, 3.63) is 38.9 Å². The first-order chi connectivity index (χ1) is 10.6. The lowest BCUT2D eigenvalue weighted by atomic mass is 10.1. The number of halogens is 1. The Morgan fingerprint density at radius 3 is 2.82 bits per heavy atom. The molecule has 22 heavy (non-hydrogen) atoms. The third kappa shape index (κ3) is 4.66. The summed E-state index contributed by atoms with van der Waals surface area (Å²) < 4.78 is 5.28. The van der Waals surface area contributed by atoms with E-state index < -0.39 is 10.8 Å². The number of carbonyl (C=O) groups is 1. The van der Waals surface area contributed by atoms with Crippen LogP contribution in [0.5, 0.6) is 0 Å². The molecular weight excluding hydrogens is 310 g/mol. The Kier molecular flexibility index (Phi) is 6.11. The molecule has 0 aliphatic carbocycles. The van der Waals surface area contributed by atoms with Crippen LogP contribution in [0.4, 0.5) is 5.69 Å². The first-order valence-corrected chi connectivity index (χ1v) is 7.59. The lowest BCUT2D eigenvalue weighted by Crippen LogP contribution is -3.14. The molecule has 2 rings (SSSR count). The van der Waals surface area contributed by atoms with Crippen molar-refractivity contribution in [2.24, 2.45) is 0 Å². The summed E-state index contributed by atoms with van der Waals surface area (Å²) in [6.45, 7) is 4.93. The fourth-order valence-corrected chi connectivity index (χ4v) is 2.57. The van der Waals surface area contributed by atoms with Gasteiger partial charge in [0.2, 0.25) is 0 Å². The number of nitro benzene ring substituents is 1. The highest BCUT2D eigenvalue weighted by atomic mass is 35.5. The first-order valence-electron chi connectivity index (χ1n) is 7.21. The third-order valence-corrected chi connectivity index (χ3v) is 3.83. The van der Waals surface area contributed by atoms with Crippen LogP contribution in [0.1, 0.15) is 16.8 Å². The number of quaternary nitrogens is 1. The molecule has 0 spiro atoms. The van der Waals surface area contributed by atoms with E-state index in [0.717, 1.165) is 39.3 Å². The number of morpholine rings is 1. The van der Waals surface area contributed by atoms with Gasteiger partial charge >= 0.3 is 0 Å². The summed E-state index contributed by atoms with van der Waals surface area (Å²) in [5.41, 5.74) is -0.239. The molecule has 1 fully saturated rings. The van der Waals surface area contributed by atoms with E-state index >= 15 is 0 Å². The Morgan fingerprint density at radius 1 is 1.41 bits per heavy atom. The molecule has 1 saturated heterocycles. The number of nitrogens with zero attached hydrogens (tertiary/aromatic N) is 1. The minimum absolute atomic E-state index is 0.00350. The topological polar surface area (TPSA) is 85.9 Å². The van der Waals surface area contributed by atoms with Gasteiger partial charge in [0.25, 0.3) is 11.6 Å². The van der Waals surface area contributed by atoms with Crippen molar-refractivity contribution < 1.29 is 19.4 Å². The standard InChI is InChI=1S/C14H18ClN3O4/c15-11-2-3-13(18(20)21)12(10-11)14(19)16-4-1-5-17-6-8-22-9-7-17/h2-3,10H,1,4-9H2,(H,16,19)/p+1. The summed E-state index contributed by atoms with van der Waals surface area (Å²) in [5, 5.41) is 14.0. The van der Waals surface area contributed by atoms with Gasteiger partial charge in [-0.2, -0.15) is 0 Å². The van der Waals surface area contributed by atoms with Crippen LogP contribution in [0.3, 0.4) is 0 Å². The lowest BCUT2D eigenvalue weighted by molar-refractivity contribution is -0.908. The zero-order chi connectivity index (χ0) is 15.9. The van der Waals surface area contributed by atoms with E-state index in [0.29, 0.717) is 11.6 Å². The molecule has 0 saturated carbocycles. The van der Waals surface area contributed by atoms with E-state index in [2.05, 4.69) is 5.32 Å². The number of hydrogen-bond acceptors (Lipinski definition) is 4. The molecule has 0 aromatic heterocycles. The predicted molar refractivity (Wildman–Crippen MR) is 81.4 cm³/mol. The van der Waals surface area contributed by atoms with Gasteiger partial charge in [0.1, 0.15) is 18.7 Å². The largest absolute Gasteiger partial charge is 0.370 e. The fraction of sp³-hybridized carbons (Fsp3) is 0.500. The number of rotatable bonds is 6. The number of ether oxygens (including phenoxy) is 1. The molecule has 1 heterocycles. The highest BCUT2D eigenvalue weighted by molar-refractivity contribution is 6.31. The van der Waals surface area contributed by atoms with Crippen LogP contribution in [-0.2, 0) is 4.74 Å². The average Bonchev–Trinajstić information content (AvgIpc) is 2.52. The molecule has 0 atom stereocenters. The summed E-state index contributed by atoms with van der Waals surface area (Å²) in [4.78, 5) is 23.9. The maximum atomic E-state index is 12.1. The fourth-order valence-electron chi connectivity index (χ4n) is 2.39. The monoisotopic (exact) mass is 328 g/mol. The Balaban J connectivity index is 1.84. The number of carbonyl (C=O) groups excluding carboxylic acids is 1. The maximum Gasteiger partial charge on any atom is 0.282 e. The number of nitrogens with one attached hydrogen (secondary N) is 2. The van der Waals surface area contributed by atoms with E-state index in [1.165, 1.54) is 23.1 Å². The van der Waals surface area contributed by atoms with Crippen LogP contribution in [0.15, 0.2) is 18.2 Å². The molecule has 0 bridgehead atoms. The second-order valence-corrected chi connectivity index (χ2v) is 5.58. The molecule has 1 aromatic carbocycles. The van der Waals surface area contributed by atoms with Crippen molar-refractivity contribution in [2.45, 2.75) is 6.42 Å². The molecule has 8 heteroatoms. The summed E-state index contributed by atoms with van der Waals surface area (Å²) in [5.74, 6) is -0.467. The van der Waals surface area contributed by atoms with Crippen LogP contribution in [0, 0.1) is 10.1 Å². The molecule has 0 radical (unpaired) electrons. The van der Waals surface area contributed by atoms with E-state index in [9.17, 15) is 14.9 Å². The molecule has 0 unspecified atom stereocenters. The molecule has 1 aliphatic heterocycles. The molecule has 1 aromatic rings. The van der Waals surface area contributed by atoms with Gasteiger partial charge < -0.3 is 15.0 Å². The van der Waals surface area contributed by atoms with Gasteiger partial charge in [0.15, 0.2) is 0 Å². The predicted octanol–water partition coefficient (Wildman–Crippen LogP) is 0.283. The van der Waals surface area contributed by atoms with Crippen molar-refractivity contribution >= 4 is 23.2 Å². The van der Waals surface area contributed by atoms with Gasteiger partial charge in [0.05, 0.1) is 24.7 Å². The van der Waals surface area contributed by atoms with Crippen molar-refractivity contribution in [1.82, 2.24) is 5.32 Å². The highest BCUT2D eigenvalue weighted by Gasteiger charge is 2.20. The van der Waals surface area contributed by atoms with E-state index in [-0.39, 0.29) is 11.3 Å². The van der Waals surface area contributed by atoms with Crippen molar-refractivity contribution in [3.63, 3.8) is 0 Å². The Bertz CT molecular complexity index is 547. The normalized spacial score (nSPS) is 15.5. The molecule has 1 amide bonds. The average molecular weight is 329 g/mol. The number of nitro groups is 1. The van der Waals surface area contributed by atoms with Gasteiger partial charge in [-0.1, -0.05) is 11.6 Å². The summed E-state index contributed by atoms with van der Waals surface area (Å²) in [6, 6.07) is 3.97. The number of amides is 1. The third-order valence-electron chi connectivity index (χ3n) is 3.59. The van der Waals surface area contributed by atoms with Crippen molar-refractivity contribution in [3.8, 4) is 0 Å². The molecule has 120 valence electrons. The van der Waals surface area contributed by atoms with E-state index in [4.69, 9.17) is 16.3 Å². The van der Waals surface area contributed by atoms with Crippen LogP contribution in [-0.4, -0.2) is 50.2 Å². The SMILES string of the molecule is O=C(NCCC[NH+]1CCOCC1)c1cc(Cl)ccc1[N+](=O)[O-]. The summed E-state index contributed by atoms with van der Waals surface area (Å²) >= 11 is 5.81. The summed E-state index contributed by atoms with van der Waals surface area (Å²) in [6.07, 6.45) is 0.815. The molecule has 1 aliphatic rings. The molecule has 2 N–H and O–H groups in total. The number of hydrogen-bond donors (Lipinski definition) is 2. The molecule has 7 nitrogen and oxygen atoms in total. The highest BCUT2D eigenvalue weighted by Crippen LogP contribution is 2.22. The van der Waals surface area contributed by atoms with Crippen LogP contribution < -0.4 is 10.2 Å². The van der Waals surface area contributed by atoms with Crippen molar-refractivity contribution in [2.75, 3.05) is 39.4 Å². The zero-order valence-corrected chi connectivity index (χ0v) is 12.9. The smallest absolute Gasteiger partial charge is 0.282 e. The van der Waals surface area contributed by atoms with Crippen LogP contribution in [0.25, 0.3) is 0 Å². The Morgan fingerprint density at radius 2 is 2.14 bits per heavy atom.